The molecule has 3 N–H and O–H groups in total. The van der Waals surface area contributed by atoms with E-state index in [-0.39, 0.29) is 18.4 Å². The SMILES string of the molecule is COc1ccc(C(=O)NCCCOc2cccc(O[PH](=O)COC(C)Cn3cnc4c(N)ncnc43)c2)cc1. The Morgan fingerprint density at radius 1 is 1.10 bits per heavy atom. The van der Waals surface area contributed by atoms with Crippen LogP contribution in [0.3, 0.4) is 0 Å². The average Bonchev–Trinajstić information content (AvgIpc) is 3.35. The second-order valence-corrected chi connectivity index (χ2v) is 9.82. The molecule has 4 rings (SSSR count). The molecule has 0 saturated heterocycles. The first-order chi connectivity index (χ1) is 18.9. The number of ether oxygens (including phenoxy) is 3. The summed E-state index contributed by atoms with van der Waals surface area (Å²) in [5.74, 6) is 1.85. The first-order valence-electron chi connectivity index (χ1n) is 12.3. The maximum Gasteiger partial charge on any atom is 0.261 e. The molecule has 2 unspecified atom stereocenters. The van der Waals surface area contributed by atoms with Crippen LogP contribution in [-0.4, -0.2) is 58.1 Å². The highest BCUT2D eigenvalue weighted by Gasteiger charge is 2.13. The highest BCUT2D eigenvalue weighted by molar-refractivity contribution is 7.39. The number of methoxy groups -OCH3 is 1. The Hall–Kier alpha value is -4.15. The molecule has 1 amide bonds. The summed E-state index contributed by atoms with van der Waals surface area (Å²) in [6.07, 6.45) is 3.30. The van der Waals surface area contributed by atoms with Crippen molar-refractivity contribution < 1.29 is 28.1 Å². The normalized spacial score (nSPS) is 12.6. The zero-order valence-corrected chi connectivity index (χ0v) is 22.7. The summed E-state index contributed by atoms with van der Waals surface area (Å²) in [5.41, 5.74) is 7.52. The highest BCUT2D eigenvalue weighted by atomic mass is 31.1. The van der Waals surface area contributed by atoms with E-state index in [0.717, 1.165) is 0 Å². The molecule has 0 aliphatic carbocycles. The van der Waals surface area contributed by atoms with Crippen molar-refractivity contribution in [3.8, 4) is 17.2 Å². The molecular formula is C26H31N6O6P. The van der Waals surface area contributed by atoms with Gasteiger partial charge in [-0.05, 0) is 49.7 Å². The quantitative estimate of drug-likeness (QED) is 0.175. The predicted octanol–water partition coefficient (Wildman–Crippen LogP) is 3.53. The van der Waals surface area contributed by atoms with E-state index in [1.807, 2.05) is 6.92 Å². The summed E-state index contributed by atoms with van der Waals surface area (Å²) in [5, 5.41) is 2.86. The Morgan fingerprint density at radius 3 is 2.69 bits per heavy atom. The summed E-state index contributed by atoms with van der Waals surface area (Å²) >= 11 is 0. The topological polar surface area (TPSA) is 153 Å². The molecular weight excluding hydrogens is 523 g/mol. The summed E-state index contributed by atoms with van der Waals surface area (Å²) in [4.78, 5) is 24.6. The average molecular weight is 555 g/mol. The number of nitrogens with zero attached hydrogens (tertiary/aromatic N) is 4. The van der Waals surface area contributed by atoms with Gasteiger partial charge in [-0.2, -0.15) is 0 Å². The molecule has 2 atom stereocenters. The van der Waals surface area contributed by atoms with Crippen LogP contribution in [0.4, 0.5) is 5.82 Å². The van der Waals surface area contributed by atoms with Gasteiger partial charge in [0.25, 0.3) is 13.9 Å². The van der Waals surface area contributed by atoms with Crippen LogP contribution in [0.2, 0.25) is 0 Å². The molecule has 0 fully saturated rings. The molecule has 13 heteroatoms. The molecule has 0 bridgehead atoms. The first-order valence-corrected chi connectivity index (χ1v) is 13.8. The molecule has 12 nitrogen and oxygen atoms in total. The minimum absolute atomic E-state index is 0.0471. The van der Waals surface area contributed by atoms with Gasteiger partial charge in [-0.25, -0.2) is 15.0 Å². The third-order valence-electron chi connectivity index (χ3n) is 5.63. The second-order valence-electron chi connectivity index (χ2n) is 8.59. The van der Waals surface area contributed by atoms with Gasteiger partial charge >= 0.3 is 0 Å². The fraction of sp³-hybridized carbons (Fsp3) is 0.308. The van der Waals surface area contributed by atoms with E-state index in [2.05, 4.69) is 20.3 Å². The number of nitrogen functional groups attached to an aromatic ring is 1. The molecule has 0 aliphatic heterocycles. The van der Waals surface area contributed by atoms with Crippen LogP contribution in [0, 0.1) is 0 Å². The maximum atomic E-state index is 12.5. The molecule has 0 aliphatic rings. The molecule has 2 aromatic carbocycles. The van der Waals surface area contributed by atoms with Crippen molar-refractivity contribution in [3.63, 3.8) is 0 Å². The van der Waals surface area contributed by atoms with Gasteiger partial charge in [0.1, 0.15) is 35.4 Å². The number of imidazole rings is 1. The van der Waals surface area contributed by atoms with E-state index in [1.165, 1.54) is 6.33 Å². The van der Waals surface area contributed by atoms with Gasteiger partial charge in [-0.3, -0.25) is 9.36 Å². The second kappa shape index (κ2) is 13.6. The largest absolute Gasteiger partial charge is 0.497 e. The first kappa shape index (κ1) is 27.9. The Labute approximate surface area is 226 Å². The number of carbonyl (C=O) groups is 1. The Bertz CT molecular complexity index is 1410. The van der Waals surface area contributed by atoms with Crippen LogP contribution in [0.1, 0.15) is 23.7 Å². The van der Waals surface area contributed by atoms with Crippen molar-refractivity contribution in [1.29, 1.82) is 0 Å². The fourth-order valence-corrected chi connectivity index (χ4v) is 4.54. The summed E-state index contributed by atoms with van der Waals surface area (Å²) in [7, 11) is -0.925. The number of rotatable bonds is 14. The van der Waals surface area contributed by atoms with Crippen LogP contribution in [0.15, 0.2) is 61.2 Å². The van der Waals surface area contributed by atoms with Crippen LogP contribution >= 0.6 is 8.03 Å². The molecule has 2 aromatic heterocycles. The van der Waals surface area contributed by atoms with E-state index in [0.29, 0.717) is 65.9 Å². The molecule has 0 radical (unpaired) electrons. The lowest BCUT2D eigenvalue weighted by molar-refractivity contribution is 0.0852. The molecule has 2 heterocycles. The van der Waals surface area contributed by atoms with Gasteiger partial charge in [-0.15, -0.1) is 0 Å². The molecule has 206 valence electrons. The zero-order chi connectivity index (χ0) is 27.6. The molecule has 0 saturated carbocycles. The van der Waals surface area contributed by atoms with Gasteiger partial charge in [0.05, 0.1) is 32.7 Å². The smallest absolute Gasteiger partial charge is 0.261 e. The zero-order valence-electron chi connectivity index (χ0n) is 21.7. The van der Waals surface area contributed by atoms with Crippen molar-refractivity contribution in [2.45, 2.75) is 26.0 Å². The predicted molar refractivity (Wildman–Crippen MR) is 147 cm³/mol. The summed E-state index contributed by atoms with van der Waals surface area (Å²) < 4.78 is 36.4. The lowest BCUT2D eigenvalue weighted by Gasteiger charge is -2.14. The molecule has 39 heavy (non-hydrogen) atoms. The number of anilines is 1. The number of fused-ring (bicyclic) bond motifs is 1. The van der Waals surface area contributed by atoms with Gasteiger partial charge in [0.2, 0.25) is 0 Å². The van der Waals surface area contributed by atoms with E-state index in [4.69, 9.17) is 24.5 Å². The number of amides is 1. The highest BCUT2D eigenvalue weighted by Crippen LogP contribution is 2.30. The van der Waals surface area contributed by atoms with Crippen LogP contribution in [-0.2, 0) is 15.8 Å². The third kappa shape index (κ3) is 7.92. The lowest BCUT2D eigenvalue weighted by Crippen LogP contribution is -2.25. The van der Waals surface area contributed by atoms with Gasteiger partial charge < -0.3 is 34.4 Å². The minimum atomic E-state index is -2.50. The van der Waals surface area contributed by atoms with Gasteiger partial charge in [0.15, 0.2) is 11.5 Å². The van der Waals surface area contributed by atoms with Crippen LogP contribution < -0.4 is 25.0 Å². The van der Waals surface area contributed by atoms with Crippen molar-refractivity contribution in [2.24, 2.45) is 0 Å². The Morgan fingerprint density at radius 2 is 1.90 bits per heavy atom. The van der Waals surface area contributed by atoms with E-state index in [1.54, 1.807) is 66.5 Å². The monoisotopic (exact) mass is 554 g/mol. The van der Waals surface area contributed by atoms with Crippen molar-refractivity contribution >= 4 is 30.9 Å². The van der Waals surface area contributed by atoms with Gasteiger partial charge in [0, 0.05) is 18.2 Å². The number of hydrogen-bond acceptors (Lipinski definition) is 10. The number of benzene rings is 2. The van der Waals surface area contributed by atoms with Crippen LogP contribution in [0.5, 0.6) is 17.2 Å². The minimum Gasteiger partial charge on any atom is -0.497 e. The Kier molecular flexibility index (Phi) is 9.71. The third-order valence-corrected chi connectivity index (χ3v) is 6.50. The fourth-order valence-electron chi connectivity index (χ4n) is 3.67. The number of nitrogens with one attached hydrogen (secondary N) is 1. The standard InChI is InChI=1S/C26H31N6O6P/c1-18(14-32-16-31-23-24(27)29-15-30-25(23)32)37-17-39(34)38-22-6-3-5-21(13-22)36-12-4-11-28-26(33)19-7-9-20(35-2)10-8-19/h3,5-10,13,15-16,18,39H,4,11-12,14,17H2,1-2H3,(H,28,33)(H2,27,29,30). The van der Waals surface area contributed by atoms with Crippen molar-refractivity contribution in [1.82, 2.24) is 24.8 Å². The summed E-state index contributed by atoms with van der Waals surface area (Å²) in [6.45, 7) is 3.16. The van der Waals surface area contributed by atoms with Gasteiger partial charge in [-0.1, -0.05) is 6.07 Å². The number of carbonyl (C=O) groups excluding carboxylic acids is 1. The van der Waals surface area contributed by atoms with E-state index < -0.39 is 8.03 Å². The van der Waals surface area contributed by atoms with E-state index in [9.17, 15) is 9.36 Å². The maximum absolute atomic E-state index is 12.5. The van der Waals surface area contributed by atoms with Crippen LogP contribution in [0.25, 0.3) is 11.2 Å². The van der Waals surface area contributed by atoms with E-state index >= 15 is 0 Å². The summed E-state index contributed by atoms with van der Waals surface area (Å²) in [6, 6.07) is 13.8. The Balaban J connectivity index is 1.15. The van der Waals surface area contributed by atoms with Crippen molar-refractivity contribution in [2.75, 3.05) is 32.3 Å². The molecule has 0 spiro atoms. The number of nitrogens with two attached hydrogens (primary N) is 1. The lowest BCUT2D eigenvalue weighted by atomic mass is 10.2. The number of hydrogen-bond donors (Lipinski definition) is 2. The number of aromatic nitrogens is 4. The van der Waals surface area contributed by atoms with Crippen molar-refractivity contribution in [3.05, 3.63) is 66.7 Å². The molecule has 4 aromatic rings.